The van der Waals surface area contributed by atoms with Gasteiger partial charge < -0.3 is 10.4 Å². The van der Waals surface area contributed by atoms with Gasteiger partial charge >= 0.3 is 0 Å². The normalized spacial score (nSPS) is 21.4. The van der Waals surface area contributed by atoms with Crippen LogP contribution in [0.15, 0.2) is 42.0 Å². The summed E-state index contributed by atoms with van der Waals surface area (Å²) in [5.74, 6) is 0.913. The minimum absolute atomic E-state index is 0.139. The second-order valence-electron chi connectivity index (χ2n) is 6.07. The molecule has 0 atom stereocenters. The Morgan fingerprint density at radius 3 is 2.61 bits per heavy atom. The molecule has 0 amide bonds. The molecule has 2 aromatic heterocycles. The van der Waals surface area contributed by atoms with Crippen LogP contribution in [0.25, 0.3) is 21.3 Å². The standard InChI is InChI=1S/C18H19N3OS/c22-14-8-6-13(7-9-14)21-17-16-15(12-4-2-1-3-5-12)10-23-18(16)20-11-19-17/h1-5,10-11,13-14,22H,6-9H2,(H,19,20,21). The zero-order valence-electron chi connectivity index (χ0n) is 12.8. The van der Waals surface area contributed by atoms with E-state index in [0.29, 0.717) is 6.04 Å². The molecule has 1 aliphatic carbocycles. The van der Waals surface area contributed by atoms with Crippen LogP contribution in [0, 0.1) is 0 Å². The van der Waals surface area contributed by atoms with Crippen molar-refractivity contribution in [1.29, 1.82) is 0 Å². The first-order chi connectivity index (χ1) is 11.3. The number of thiophene rings is 1. The zero-order chi connectivity index (χ0) is 15.6. The summed E-state index contributed by atoms with van der Waals surface area (Å²) in [5, 5.41) is 16.5. The fraction of sp³-hybridized carbons (Fsp3) is 0.333. The Morgan fingerprint density at radius 1 is 1.04 bits per heavy atom. The summed E-state index contributed by atoms with van der Waals surface area (Å²) in [6.45, 7) is 0. The highest BCUT2D eigenvalue weighted by molar-refractivity contribution is 7.17. The predicted octanol–water partition coefficient (Wildman–Crippen LogP) is 4.07. The molecule has 1 aromatic carbocycles. The third-order valence-corrected chi connectivity index (χ3v) is 5.38. The number of anilines is 1. The molecule has 4 rings (SSSR count). The molecular formula is C18H19N3OS. The molecule has 1 fully saturated rings. The van der Waals surface area contributed by atoms with Crippen LogP contribution in [0.4, 0.5) is 5.82 Å². The maximum atomic E-state index is 9.67. The van der Waals surface area contributed by atoms with Crippen LogP contribution in [0.5, 0.6) is 0 Å². The van der Waals surface area contributed by atoms with Crippen molar-refractivity contribution in [2.45, 2.75) is 37.8 Å². The summed E-state index contributed by atoms with van der Waals surface area (Å²) in [7, 11) is 0. The Labute approximate surface area is 139 Å². The number of aliphatic hydroxyl groups is 1. The quantitative estimate of drug-likeness (QED) is 0.762. The van der Waals surface area contributed by atoms with Gasteiger partial charge in [-0.15, -0.1) is 11.3 Å². The first-order valence-electron chi connectivity index (χ1n) is 8.03. The minimum Gasteiger partial charge on any atom is -0.393 e. The molecule has 0 radical (unpaired) electrons. The molecule has 118 valence electrons. The van der Waals surface area contributed by atoms with Gasteiger partial charge in [0.05, 0.1) is 11.5 Å². The maximum Gasteiger partial charge on any atom is 0.139 e. The van der Waals surface area contributed by atoms with Gasteiger partial charge in [0.1, 0.15) is 17.0 Å². The number of fused-ring (bicyclic) bond motifs is 1. The van der Waals surface area contributed by atoms with Crippen molar-refractivity contribution in [1.82, 2.24) is 9.97 Å². The average molecular weight is 325 g/mol. The van der Waals surface area contributed by atoms with Crippen LogP contribution in [-0.2, 0) is 0 Å². The lowest BCUT2D eigenvalue weighted by Gasteiger charge is -2.26. The van der Waals surface area contributed by atoms with Crippen LogP contribution in [0.2, 0.25) is 0 Å². The molecule has 2 N–H and O–H groups in total. The number of nitrogens with zero attached hydrogens (tertiary/aromatic N) is 2. The van der Waals surface area contributed by atoms with Crippen LogP contribution >= 0.6 is 11.3 Å². The molecule has 2 heterocycles. The number of aromatic nitrogens is 2. The van der Waals surface area contributed by atoms with Gasteiger partial charge in [-0.3, -0.25) is 0 Å². The molecule has 5 heteroatoms. The average Bonchev–Trinajstić information content (AvgIpc) is 3.03. The summed E-state index contributed by atoms with van der Waals surface area (Å²) in [6, 6.07) is 10.8. The van der Waals surface area contributed by atoms with Crippen molar-refractivity contribution in [3.63, 3.8) is 0 Å². The smallest absolute Gasteiger partial charge is 0.139 e. The van der Waals surface area contributed by atoms with Gasteiger partial charge in [-0.05, 0) is 31.2 Å². The number of nitrogens with one attached hydrogen (secondary N) is 1. The van der Waals surface area contributed by atoms with Crippen LogP contribution in [-0.4, -0.2) is 27.2 Å². The van der Waals surface area contributed by atoms with Gasteiger partial charge in [0, 0.05) is 17.0 Å². The Hall–Kier alpha value is -1.98. The Balaban J connectivity index is 1.71. The van der Waals surface area contributed by atoms with Gasteiger partial charge in [-0.25, -0.2) is 9.97 Å². The Kier molecular flexibility index (Phi) is 3.97. The fourth-order valence-corrected chi connectivity index (χ4v) is 4.14. The molecular weight excluding hydrogens is 306 g/mol. The number of benzene rings is 1. The largest absolute Gasteiger partial charge is 0.393 e. The van der Waals surface area contributed by atoms with E-state index in [0.717, 1.165) is 41.7 Å². The molecule has 0 saturated heterocycles. The summed E-state index contributed by atoms with van der Waals surface area (Å²) in [5.41, 5.74) is 2.38. The second kappa shape index (κ2) is 6.26. The van der Waals surface area contributed by atoms with E-state index in [-0.39, 0.29) is 6.10 Å². The van der Waals surface area contributed by atoms with E-state index in [1.54, 1.807) is 17.7 Å². The second-order valence-corrected chi connectivity index (χ2v) is 6.93. The zero-order valence-corrected chi connectivity index (χ0v) is 13.6. The molecule has 23 heavy (non-hydrogen) atoms. The molecule has 3 aromatic rings. The summed E-state index contributed by atoms with van der Waals surface area (Å²) >= 11 is 1.65. The van der Waals surface area contributed by atoms with Crippen molar-refractivity contribution in [3.8, 4) is 11.1 Å². The summed E-state index contributed by atoms with van der Waals surface area (Å²) in [4.78, 5) is 9.93. The lowest BCUT2D eigenvalue weighted by molar-refractivity contribution is 0.126. The van der Waals surface area contributed by atoms with Crippen molar-refractivity contribution in [2.75, 3.05) is 5.32 Å². The van der Waals surface area contributed by atoms with E-state index in [1.807, 2.05) is 6.07 Å². The summed E-state index contributed by atoms with van der Waals surface area (Å²) < 4.78 is 0. The molecule has 0 unspecified atom stereocenters. The van der Waals surface area contributed by atoms with E-state index >= 15 is 0 Å². The van der Waals surface area contributed by atoms with Crippen molar-refractivity contribution >= 4 is 27.4 Å². The first kappa shape index (κ1) is 14.6. The third kappa shape index (κ3) is 2.94. The molecule has 0 spiro atoms. The lowest BCUT2D eigenvalue weighted by atomic mass is 9.93. The van der Waals surface area contributed by atoms with E-state index in [9.17, 15) is 5.11 Å². The van der Waals surface area contributed by atoms with Crippen LogP contribution in [0.1, 0.15) is 25.7 Å². The SMILES string of the molecule is OC1CCC(Nc2ncnc3scc(-c4ccccc4)c23)CC1. The number of hydrogen-bond acceptors (Lipinski definition) is 5. The van der Waals surface area contributed by atoms with E-state index < -0.39 is 0 Å². The van der Waals surface area contributed by atoms with Gasteiger partial charge in [-0.2, -0.15) is 0 Å². The molecule has 0 aliphatic heterocycles. The van der Waals surface area contributed by atoms with E-state index in [1.165, 1.54) is 11.1 Å². The minimum atomic E-state index is -0.139. The van der Waals surface area contributed by atoms with Crippen LogP contribution < -0.4 is 5.32 Å². The van der Waals surface area contributed by atoms with Crippen molar-refractivity contribution in [2.24, 2.45) is 0 Å². The third-order valence-electron chi connectivity index (χ3n) is 4.49. The van der Waals surface area contributed by atoms with Gasteiger partial charge in [0.2, 0.25) is 0 Å². The predicted molar refractivity (Wildman–Crippen MR) is 94.7 cm³/mol. The molecule has 0 bridgehead atoms. The summed E-state index contributed by atoms with van der Waals surface area (Å²) in [6.07, 6.45) is 5.18. The number of rotatable bonds is 3. The Bertz CT molecular complexity index is 794. The highest BCUT2D eigenvalue weighted by Crippen LogP contribution is 2.37. The number of hydrogen-bond donors (Lipinski definition) is 2. The van der Waals surface area contributed by atoms with E-state index in [2.05, 4.69) is 44.9 Å². The van der Waals surface area contributed by atoms with Gasteiger partial charge in [0.25, 0.3) is 0 Å². The van der Waals surface area contributed by atoms with Gasteiger partial charge in [0.15, 0.2) is 0 Å². The lowest BCUT2D eigenvalue weighted by Crippen LogP contribution is -2.28. The fourth-order valence-electron chi connectivity index (χ4n) is 3.23. The highest BCUT2D eigenvalue weighted by Gasteiger charge is 2.21. The van der Waals surface area contributed by atoms with E-state index in [4.69, 9.17) is 0 Å². The number of aliphatic hydroxyl groups excluding tert-OH is 1. The Morgan fingerprint density at radius 2 is 1.83 bits per heavy atom. The maximum absolute atomic E-state index is 9.67. The molecule has 1 saturated carbocycles. The van der Waals surface area contributed by atoms with Crippen molar-refractivity contribution < 1.29 is 5.11 Å². The van der Waals surface area contributed by atoms with Crippen LogP contribution in [0.3, 0.4) is 0 Å². The van der Waals surface area contributed by atoms with Gasteiger partial charge in [-0.1, -0.05) is 30.3 Å². The van der Waals surface area contributed by atoms with Crippen molar-refractivity contribution in [3.05, 3.63) is 42.0 Å². The molecule has 4 nitrogen and oxygen atoms in total. The monoisotopic (exact) mass is 325 g/mol. The first-order valence-corrected chi connectivity index (χ1v) is 8.91. The molecule has 1 aliphatic rings. The topological polar surface area (TPSA) is 58.0 Å². The highest BCUT2D eigenvalue weighted by atomic mass is 32.1.